The molecule has 4 nitrogen and oxygen atoms in total. The Balaban J connectivity index is 2.37. The van der Waals surface area contributed by atoms with Crippen LogP contribution in [-0.4, -0.2) is 62.0 Å². The van der Waals surface area contributed by atoms with Crippen molar-refractivity contribution in [3.05, 3.63) is 0 Å². The summed E-state index contributed by atoms with van der Waals surface area (Å²) >= 11 is 0. The third-order valence-electron chi connectivity index (χ3n) is 2.29. The molecule has 76 valence electrons. The minimum atomic E-state index is 0.185. The minimum absolute atomic E-state index is 0.185. The van der Waals surface area contributed by atoms with Gasteiger partial charge in [0.1, 0.15) is 0 Å². The second kappa shape index (κ2) is 4.58. The summed E-state index contributed by atoms with van der Waals surface area (Å²) in [5.74, 6) is 0.185. The lowest BCUT2D eigenvalue weighted by Gasteiger charge is -2.34. The van der Waals surface area contributed by atoms with Gasteiger partial charge >= 0.3 is 0 Å². The van der Waals surface area contributed by atoms with E-state index in [-0.39, 0.29) is 5.91 Å². The van der Waals surface area contributed by atoms with Crippen LogP contribution >= 0.6 is 0 Å². The van der Waals surface area contributed by atoms with E-state index in [1.807, 2.05) is 19.0 Å². The Hall–Kier alpha value is -0.610. The van der Waals surface area contributed by atoms with Crippen molar-refractivity contribution in [3.63, 3.8) is 0 Å². The second-order valence-electron chi connectivity index (χ2n) is 3.88. The zero-order valence-corrected chi connectivity index (χ0v) is 8.71. The molecule has 1 atom stereocenters. The van der Waals surface area contributed by atoms with Crippen LogP contribution < -0.4 is 5.32 Å². The van der Waals surface area contributed by atoms with Crippen LogP contribution in [0.5, 0.6) is 0 Å². The maximum Gasteiger partial charge on any atom is 0.219 e. The molecule has 1 aliphatic heterocycles. The van der Waals surface area contributed by atoms with Crippen LogP contribution in [0.15, 0.2) is 0 Å². The molecule has 0 aromatic heterocycles. The van der Waals surface area contributed by atoms with Crippen LogP contribution in [0.2, 0.25) is 0 Å². The van der Waals surface area contributed by atoms with Gasteiger partial charge in [0.15, 0.2) is 0 Å². The first-order valence-electron chi connectivity index (χ1n) is 4.73. The number of amides is 1. The van der Waals surface area contributed by atoms with Gasteiger partial charge < -0.3 is 15.1 Å². The zero-order chi connectivity index (χ0) is 9.84. The largest absolute Gasteiger partial charge is 0.340 e. The van der Waals surface area contributed by atoms with Crippen molar-refractivity contribution in [3.8, 4) is 0 Å². The number of nitrogens with one attached hydrogen (secondary N) is 1. The highest BCUT2D eigenvalue weighted by atomic mass is 16.2. The second-order valence-corrected chi connectivity index (χ2v) is 3.88. The third kappa shape index (κ3) is 3.32. The summed E-state index contributed by atoms with van der Waals surface area (Å²) in [5, 5.41) is 3.40. The maximum atomic E-state index is 11.1. The number of nitrogens with zero attached hydrogens (tertiary/aromatic N) is 2. The standard InChI is InChI=1S/C9H19N3O/c1-8(13)12-5-4-10-9(7-12)6-11(2)3/h9-10H,4-7H2,1-3H3. The molecule has 13 heavy (non-hydrogen) atoms. The smallest absolute Gasteiger partial charge is 0.219 e. The highest BCUT2D eigenvalue weighted by Crippen LogP contribution is 2.00. The van der Waals surface area contributed by atoms with Gasteiger partial charge in [-0.3, -0.25) is 4.79 Å². The van der Waals surface area contributed by atoms with Gasteiger partial charge in [0, 0.05) is 39.1 Å². The predicted octanol–water partition coefficient (Wildman–Crippen LogP) is -0.632. The molecule has 1 aliphatic rings. The van der Waals surface area contributed by atoms with E-state index in [1.54, 1.807) is 6.92 Å². The molecule has 0 saturated carbocycles. The monoisotopic (exact) mass is 185 g/mol. The fourth-order valence-electron chi connectivity index (χ4n) is 1.67. The van der Waals surface area contributed by atoms with Crippen LogP contribution in [0, 0.1) is 0 Å². The lowest BCUT2D eigenvalue weighted by atomic mass is 10.2. The molecule has 1 unspecified atom stereocenters. The molecule has 1 amide bonds. The molecule has 1 N–H and O–H groups in total. The Labute approximate surface area is 79.9 Å². The van der Waals surface area contributed by atoms with Gasteiger partial charge in [-0.05, 0) is 14.1 Å². The molecular formula is C9H19N3O. The Morgan fingerprint density at radius 3 is 2.85 bits per heavy atom. The van der Waals surface area contributed by atoms with Crippen LogP contribution in [0.1, 0.15) is 6.92 Å². The van der Waals surface area contributed by atoms with Crippen molar-refractivity contribution in [2.45, 2.75) is 13.0 Å². The van der Waals surface area contributed by atoms with Crippen molar-refractivity contribution in [2.75, 3.05) is 40.3 Å². The molecule has 1 heterocycles. The summed E-state index contributed by atoms with van der Waals surface area (Å²) in [6.45, 7) is 5.23. The van der Waals surface area contributed by atoms with Crippen LogP contribution in [0.3, 0.4) is 0 Å². The molecule has 1 fully saturated rings. The van der Waals surface area contributed by atoms with E-state index in [0.717, 1.165) is 26.2 Å². The Bertz CT molecular complexity index is 182. The molecule has 0 radical (unpaired) electrons. The SMILES string of the molecule is CC(=O)N1CCNC(CN(C)C)C1. The van der Waals surface area contributed by atoms with Gasteiger partial charge in [-0.25, -0.2) is 0 Å². The molecule has 0 aromatic rings. The predicted molar refractivity (Wildman–Crippen MR) is 52.6 cm³/mol. The first kappa shape index (κ1) is 10.5. The van der Waals surface area contributed by atoms with Gasteiger partial charge in [-0.15, -0.1) is 0 Å². The number of carbonyl (C=O) groups excluding carboxylic acids is 1. The summed E-state index contributed by atoms with van der Waals surface area (Å²) in [4.78, 5) is 15.2. The van der Waals surface area contributed by atoms with Crippen molar-refractivity contribution in [1.82, 2.24) is 15.1 Å². The molecule has 4 heteroatoms. The number of piperazine rings is 1. The highest BCUT2D eigenvalue weighted by molar-refractivity contribution is 5.73. The Kier molecular flexibility index (Phi) is 3.69. The summed E-state index contributed by atoms with van der Waals surface area (Å²) in [6, 6.07) is 0.424. The molecule has 0 bridgehead atoms. The third-order valence-corrected chi connectivity index (χ3v) is 2.29. The summed E-state index contributed by atoms with van der Waals surface area (Å²) in [6.07, 6.45) is 0. The molecule has 0 spiro atoms. The first-order valence-corrected chi connectivity index (χ1v) is 4.73. The van der Waals surface area contributed by atoms with Crippen molar-refractivity contribution in [2.24, 2.45) is 0 Å². The molecule has 0 aromatic carbocycles. The average molecular weight is 185 g/mol. The lowest BCUT2D eigenvalue weighted by Crippen LogP contribution is -2.55. The van der Waals surface area contributed by atoms with E-state index < -0.39 is 0 Å². The lowest BCUT2D eigenvalue weighted by molar-refractivity contribution is -0.130. The number of hydrogen-bond donors (Lipinski definition) is 1. The average Bonchev–Trinajstić information content (AvgIpc) is 2.03. The van der Waals surface area contributed by atoms with Crippen molar-refractivity contribution >= 4 is 5.91 Å². The van der Waals surface area contributed by atoms with E-state index in [0.29, 0.717) is 6.04 Å². The van der Waals surface area contributed by atoms with Gasteiger partial charge in [-0.2, -0.15) is 0 Å². The van der Waals surface area contributed by atoms with Gasteiger partial charge in [0.05, 0.1) is 0 Å². The van der Waals surface area contributed by atoms with Gasteiger partial charge in [0.2, 0.25) is 5.91 Å². The Morgan fingerprint density at radius 2 is 2.31 bits per heavy atom. The molecule has 1 saturated heterocycles. The number of hydrogen-bond acceptors (Lipinski definition) is 3. The molecule has 1 rings (SSSR count). The topological polar surface area (TPSA) is 35.6 Å². The molecule has 0 aliphatic carbocycles. The number of likely N-dealkylation sites (N-methyl/N-ethyl adjacent to an activating group) is 1. The van der Waals surface area contributed by atoms with Gasteiger partial charge in [-0.1, -0.05) is 0 Å². The minimum Gasteiger partial charge on any atom is -0.340 e. The fourth-order valence-corrected chi connectivity index (χ4v) is 1.67. The van der Waals surface area contributed by atoms with E-state index in [9.17, 15) is 4.79 Å². The Morgan fingerprint density at radius 1 is 1.62 bits per heavy atom. The van der Waals surface area contributed by atoms with E-state index >= 15 is 0 Å². The number of carbonyl (C=O) groups is 1. The normalized spacial score (nSPS) is 23.7. The first-order chi connectivity index (χ1) is 6.09. The van der Waals surface area contributed by atoms with Crippen molar-refractivity contribution in [1.29, 1.82) is 0 Å². The summed E-state index contributed by atoms with van der Waals surface area (Å²) in [7, 11) is 4.10. The van der Waals surface area contributed by atoms with Gasteiger partial charge in [0.25, 0.3) is 0 Å². The van der Waals surface area contributed by atoms with E-state index in [2.05, 4.69) is 10.2 Å². The number of rotatable bonds is 2. The fraction of sp³-hybridized carbons (Fsp3) is 0.889. The molecular weight excluding hydrogens is 166 g/mol. The maximum absolute atomic E-state index is 11.1. The van der Waals surface area contributed by atoms with Crippen LogP contribution in [0.4, 0.5) is 0 Å². The van der Waals surface area contributed by atoms with Crippen LogP contribution in [0.25, 0.3) is 0 Å². The van der Waals surface area contributed by atoms with E-state index in [4.69, 9.17) is 0 Å². The van der Waals surface area contributed by atoms with Crippen LogP contribution in [-0.2, 0) is 4.79 Å². The highest BCUT2D eigenvalue weighted by Gasteiger charge is 2.20. The summed E-state index contributed by atoms with van der Waals surface area (Å²) < 4.78 is 0. The van der Waals surface area contributed by atoms with Crippen molar-refractivity contribution < 1.29 is 4.79 Å². The van der Waals surface area contributed by atoms with E-state index in [1.165, 1.54) is 0 Å². The summed E-state index contributed by atoms with van der Waals surface area (Å²) in [5.41, 5.74) is 0. The quantitative estimate of drug-likeness (QED) is 0.622. The zero-order valence-electron chi connectivity index (χ0n) is 8.71.